The van der Waals surface area contributed by atoms with Gasteiger partial charge in [-0.05, 0) is 30.5 Å². The molecule has 5 nitrogen and oxygen atoms in total. The fourth-order valence-corrected chi connectivity index (χ4v) is 1.78. The Morgan fingerprint density at radius 2 is 1.86 bits per heavy atom. The van der Waals surface area contributed by atoms with Gasteiger partial charge in [0.1, 0.15) is 0 Å². The van der Waals surface area contributed by atoms with Crippen molar-refractivity contribution in [2.75, 3.05) is 24.7 Å². The molecule has 122 valence electrons. The van der Waals surface area contributed by atoms with Crippen molar-refractivity contribution in [3.8, 4) is 0 Å². The van der Waals surface area contributed by atoms with Crippen LogP contribution in [0.3, 0.4) is 0 Å². The summed E-state index contributed by atoms with van der Waals surface area (Å²) in [5, 5.41) is 4.67. The predicted octanol–water partition coefficient (Wildman–Crippen LogP) is 3.03. The van der Waals surface area contributed by atoms with E-state index in [1.807, 2.05) is 18.4 Å². The van der Waals surface area contributed by atoms with E-state index in [2.05, 4.69) is 15.4 Å². The van der Waals surface area contributed by atoms with Crippen LogP contribution in [0.25, 0.3) is 0 Å². The van der Waals surface area contributed by atoms with Crippen LogP contribution in [-0.2, 0) is 9.53 Å². The molecule has 9 heteroatoms. The van der Waals surface area contributed by atoms with Gasteiger partial charge in [0.2, 0.25) is 5.91 Å². The molecule has 0 saturated heterocycles. The van der Waals surface area contributed by atoms with Gasteiger partial charge in [0, 0.05) is 23.5 Å². The van der Waals surface area contributed by atoms with Gasteiger partial charge < -0.3 is 15.4 Å². The zero-order valence-electron chi connectivity index (χ0n) is 11.7. The molecule has 0 bridgehead atoms. The van der Waals surface area contributed by atoms with Crippen molar-refractivity contribution in [1.29, 1.82) is 0 Å². The van der Waals surface area contributed by atoms with E-state index in [1.54, 1.807) is 23.9 Å². The molecule has 1 rings (SSSR count). The van der Waals surface area contributed by atoms with Crippen molar-refractivity contribution >= 4 is 29.4 Å². The number of amides is 2. The number of anilines is 1. The minimum atomic E-state index is -4.57. The molecule has 1 aromatic rings. The van der Waals surface area contributed by atoms with E-state index in [-0.39, 0.29) is 18.9 Å². The molecule has 0 atom stereocenters. The van der Waals surface area contributed by atoms with Crippen LogP contribution in [0, 0.1) is 0 Å². The number of hydrogen-bond donors (Lipinski definition) is 2. The number of halogens is 3. The van der Waals surface area contributed by atoms with Crippen LogP contribution in [-0.4, -0.2) is 37.6 Å². The SMILES string of the molecule is CSc1ccc(NC(=O)CCNC(=O)OCC(F)(F)F)cc1. The second-order valence-corrected chi connectivity index (χ2v) is 5.02. The first-order valence-electron chi connectivity index (χ1n) is 6.21. The Morgan fingerprint density at radius 1 is 1.23 bits per heavy atom. The van der Waals surface area contributed by atoms with Gasteiger partial charge in [0.15, 0.2) is 6.61 Å². The van der Waals surface area contributed by atoms with E-state index >= 15 is 0 Å². The Kier molecular flexibility index (Phi) is 7.03. The van der Waals surface area contributed by atoms with Gasteiger partial charge >= 0.3 is 12.3 Å². The van der Waals surface area contributed by atoms with Gasteiger partial charge in [0.25, 0.3) is 0 Å². The number of nitrogens with one attached hydrogen (secondary N) is 2. The summed E-state index contributed by atoms with van der Waals surface area (Å²) in [6.07, 6.45) is -3.94. The lowest BCUT2D eigenvalue weighted by Gasteiger charge is -2.09. The Morgan fingerprint density at radius 3 is 2.41 bits per heavy atom. The lowest BCUT2D eigenvalue weighted by molar-refractivity contribution is -0.160. The zero-order chi connectivity index (χ0) is 16.6. The fourth-order valence-electron chi connectivity index (χ4n) is 1.37. The third-order valence-corrected chi connectivity index (χ3v) is 3.11. The van der Waals surface area contributed by atoms with Crippen molar-refractivity contribution in [3.63, 3.8) is 0 Å². The summed E-state index contributed by atoms with van der Waals surface area (Å²) in [7, 11) is 0. The quantitative estimate of drug-likeness (QED) is 0.784. The molecule has 0 aliphatic rings. The van der Waals surface area contributed by atoms with Crippen LogP contribution in [0.5, 0.6) is 0 Å². The van der Waals surface area contributed by atoms with Gasteiger partial charge in [-0.1, -0.05) is 0 Å². The normalized spacial score (nSPS) is 10.9. The lowest BCUT2D eigenvalue weighted by Crippen LogP contribution is -2.31. The minimum Gasteiger partial charge on any atom is -0.440 e. The molecule has 2 N–H and O–H groups in total. The van der Waals surface area contributed by atoms with Crippen LogP contribution >= 0.6 is 11.8 Å². The number of carbonyl (C=O) groups excluding carboxylic acids is 2. The summed E-state index contributed by atoms with van der Waals surface area (Å²) >= 11 is 1.57. The second kappa shape index (κ2) is 8.52. The van der Waals surface area contributed by atoms with Gasteiger partial charge in [-0.3, -0.25) is 4.79 Å². The van der Waals surface area contributed by atoms with Crippen molar-refractivity contribution in [3.05, 3.63) is 24.3 Å². The number of rotatable bonds is 6. The molecule has 0 aromatic heterocycles. The Labute approximate surface area is 129 Å². The van der Waals surface area contributed by atoms with Crippen LogP contribution in [0.2, 0.25) is 0 Å². The molecule has 2 amide bonds. The molecule has 0 unspecified atom stereocenters. The Bertz CT molecular complexity index is 506. The highest BCUT2D eigenvalue weighted by Gasteiger charge is 2.29. The summed E-state index contributed by atoms with van der Waals surface area (Å²) in [6.45, 7) is -1.78. The molecule has 0 saturated carbocycles. The first-order valence-corrected chi connectivity index (χ1v) is 7.44. The van der Waals surface area contributed by atoms with Crippen molar-refractivity contribution in [2.45, 2.75) is 17.5 Å². The first kappa shape index (κ1) is 18.1. The van der Waals surface area contributed by atoms with Gasteiger partial charge in [0.05, 0.1) is 0 Å². The maximum absolute atomic E-state index is 11.8. The van der Waals surface area contributed by atoms with Gasteiger partial charge in [-0.2, -0.15) is 13.2 Å². The summed E-state index contributed by atoms with van der Waals surface area (Å²) in [5.74, 6) is -0.368. The highest BCUT2D eigenvalue weighted by Crippen LogP contribution is 2.17. The predicted molar refractivity (Wildman–Crippen MR) is 76.9 cm³/mol. The minimum absolute atomic E-state index is 0.0780. The monoisotopic (exact) mass is 336 g/mol. The number of thioether (sulfide) groups is 1. The maximum atomic E-state index is 11.8. The van der Waals surface area contributed by atoms with Crippen LogP contribution in [0.15, 0.2) is 29.2 Å². The molecule has 0 aliphatic heterocycles. The van der Waals surface area contributed by atoms with E-state index in [0.29, 0.717) is 5.69 Å². The van der Waals surface area contributed by atoms with Crippen LogP contribution in [0.1, 0.15) is 6.42 Å². The Balaban J connectivity index is 2.24. The number of hydrogen-bond acceptors (Lipinski definition) is 4. The van der Waals surface area contributed by atoms with E-state index in [1.165, 1.54) is 0 Å². The highest BCUT2D eigenvalue weighted by molar-refractivity contribution is 7.98. The highest BCUT2D eigenvalue weighted by atomic mass is 32.2. The summed E-state index contributed by atoms with van der Waals surface area (Å²) in [6, 6.07) is 7.14. The molecule has 0 aliphatic carbocycles. The average Bonchev–Trinajstić information content (AvgIpc) is 2.45. The smallest absolute Gasteiger partial charge is 0.422 e. The molecule has 0 radical (unpaired) electrons. The van der Waals surface area contributed by atoms with E-state index in [4.69, 9.17) is 0 Å². The van der Waals surface area contributed by atoms with Crippen molar-refractivity contribution < 1.29 is 27.5 Å². The Hall–Kier alpha value is -1.90. The zero-order valence-corrected chi connectivity index (χ0v) is 12.5. The summed E-state index contributed by atoms with van der Waals surface area (Å²) in [4.78, 5) is 23.6. The van der Waals surface area contributed by atoms with Crippen molar-refractivity contribution in [2.24, 2.45) is 0 Å². The largest absolute Gasteiger partial charge is 0.440 e. The van der Waals surface area contributed by atoms with E-state index < -0.39 is 18.9 Å². The van der Waals surface area contributed by atoms with Gasteiger partial charge in [-0.25, -0.2) is 4.79 Å². The topological polar surface area (TPSA) is 67.4 Å². The van der Waals surface area contributed by atoms with E-state index in [0.717, 1.165) is 4.90 Å². The number of carbonyl (C=O) groups is 2. The fraction of sp³-hybridized carbons (Fsp3) is 0.385. The van der Waals surface area contributed by atoms with Gasteiger partial charge in [-0.15, -0.1) is 11.8 Å². The lowest BCUT2D eigenvalue weighted by atomic mass is 10.3. The number of alkyl carbamates (subject to hydrolysis) is 1. The molecule has 22 heavy (non-hydrogen) atoms. The average molecular weight is 336 g/mol. The number of alkyl halides is 3. The van der Waals surface area contributed by atoms with Crippen molar-refractivity contribution in [1.82, 2.24) is 5.32 Å². The summed E-state index contributed by atoms with van der Waals surface area (Å²) < 4.78 is 39.3. The first-order chi connectivity index (χ1) is 10.3. The molecular weight excluding hydrogens is 321 g/mol. The van der Waals surface area contributed by atoms with Crippen LogP contribution in [0.4, 0.5) is 23.7 Å². The number of ether oxygens (including phenoxy) is 1. The third-order valence-electron chi connectivity index (χ3n) is 2.36. The molecular formula is C13H15F3N2O3S. The van der Waals surface area contributed by atoms with Crippen LogP contribution < -0.4 is 10.6 Å². The number of benzene rings is 1. The third kappa shape index (κ3) is 7.77. The van der Waals surface area contributed by atoms with E-state index in [9.17, 15) is 22.8 Å². The summed E-state index contributed by atoms with van der Waals surface area (Å²) in [5.41, 5.74) is 0.599. The molecule has 0 spiro atoms. The molecule has 1 aromatic carbocycles. The molecule has 0 fully saturated rings. The maximum Gasteiger partial charge on any atom is 0.422 e. The molecule has 0 heterocycles. The standard InChI is InChI=1S/C13H15F3N2O3S/c1-22-10-4-2-9(3-5-10)18-11(19)6-7-17-12(20)21-8-13(14,15)16/h2-5H,6-8H2,1H3,(H,17,20)(H,18,19). The second-order valence-electron chi connectivity index (χ2n) is 4.14.